The normalized spacial score (nSPS) is 30.4. The second-order valence-corrected chi connectivity index (χ2v) is 7.05. The Balaban J connectivity index is 1.82. The third-order valence-electron chi connectivity index (χ3n) is 5.53. The fourth-order valence-corrected chi connectivity index (χ4v) is 4.17. The standard InChI is InChI=1S/C18H33NO2/c1-2-3-6-15-8-10-16(11-9-15)18(21)19-13-5-4-7-17(19)12-14-20/h15-17,20H,2-14H2,1H3. The molecule has 0 spiro atoms. The first kappa shape index (κ1) is 16.8. The average molecular weight is 295 g/mol. The topological polar surface area (TPSA) is 40.5 Å². The summed E-state index contributed by atoms with van der Waals surface area (Å²) in [6, 6.07) is 0.300. The molecule has 1 saturated heterocycles. The number of aliphatic hydroxyl groups excluding tert-OH is 1. The number of likely N-dealkylation sites (tertiary alicyclic amines) is 1. The van der Waals surface area contributed by atoms with Crippen LogP contribution in [0.3, 0.4) is 0 Å². The number of hydrogen-bond acceptors (Lipinski definition) is 2. The molecule has 3 heteroatoms. The Morgan fingerprint density at radius 3 is 2.52 bits per heavy atom. The van der Waals surface area contributed by atoms with E-state index in [4.69, 9.17) is 0 Å². The first-order chi connectivity index (χ1) is 10.3. The lowest BCUT2D eigenvalue weighted by atomic mass is 9.79. The van der Waals surface area contributed by atoms with Crippen molar-refractivity contribution in [3.63, 3.8) is 0 Å². The largest absolute Gasteiger partial charge is 0.396 e. The van der Waals surface area contributed by atoms with Crippen LogP contribution in [0.5, 0.6) is 0 Å². The summed E-state index contributed by atoms with van der Waals surface area (Å²) in [4.78, 5) is 14.9. The minimum Gasteiger partial charge on any atom is -0.396 e. The van der Waals surface area contributed by atoms with Crippen LogP contribution >= 0.6 is 0 Å². The molecule has 2 aliphatic rings. The molecule has 1 atom stereocenters. The average Bonchev–Trinajstić information content (AvgIpc) is 2.53. The van der Waals surface area contributed by atoms with E-state index in [1.54, 1.807) is 0 Å². The second kappa shape index (κ2) is 8.77. The molecule has 2 rings (SSSR count). The minimum atomic E-state index is 0.207. The molecule has 0 aromatic rings. The maximum atomic E-state index is 12.8. The van der Waals surface area contributed by atoms with Crippen molar-refractivity contribution in [2.24, 2.45) is 11.8 Å². The summed E-state index contributed by atoms with van der Waals surface area (Å²) in [6.45, 7) is 3.38. The Morgan fingerprint density at radius 1 is 1.10 bits per heavy atom. The zero-order valence-corrected chi connectivity index (χ0v) is 13.7. The number of rotatable bonds is 6. The summed E-state index contributed by atoms with van der Waals surface area (Å²) in [5.74, 6) is 1.52. The second-order valence-electron chi connectivity index (χ2n) is 7.05. The Hall–Kier alpha value is -0.570. The smallest absolute Gasteiger partial charge is 0.225 e. The molecular formula is C18H33NO2. The van der Waals surface area contributed by atoms with E-state index in [0.717, 1.165) is 44.6 Å². The first-order valence-electron chi connectivity index (χ1n) is 9.17. The van der Waals surface area contributed by atoms with E-state index in [0.29, 0.717) is 11.9 Å². The van der Waals surface area contributed by atoms with Crippen molar-refractivity contribution in [1.29, 1.82) is 0 Å². The van der Waals surface area contributed by atoms with E-state index in [1.165, 1.54) is 38.5 Å². The highest BCUT2D eigenvalue weighted by atomic mass is 16.3. The summed E-state index contributed by atoms with van der Waals surface area (Å²) >= 11 is 0. The van der Waals surface area contributed by atoms with Crippen molar-refractivity contribution in [1.82, 2.24) is 4.90 Å². The van der Waals surface area contributed by atoms with Gasteiger partial charge in [0.2, 0.25) is 5.91 Å². The SMILES string of the molecule is CCCCC1CCC(C(=O)N2CCCCC2CCO)CC1. The monoisotopic (exact) mass is 295 g/mol. The lowest BCUT2D eigenvalue weighted by Gasteiger charge is -2.39. The molecular weight excluding hydrogens is 262 g/mol. The maximum absolute atomic E-state index is 12.8. The van der Waals surface area contributed by atoms with Crippen LogP contribution in [0.25, 0.3) is 0 Å². The highest BCUT2D eigenvalue weighted by molar-refractivity contribution is 5.79. The fraction of sp³-hybridized carbons (Fsp3) is 0.944. The highest BCUT2D eigenvalue weighted by Crippen LogP contribution is 2.34. The van der Waals surface area contributed by atoms with Gasteiger partial charge in [-0.1, -0.05) is 26.2 Å². The summed E-state index contributed by atoms with van der Waals surface area (Å²) in [5.41, 5.74) is 0. The molecule has 122 valence electrons. The summed E-state index contributed by atoms with van der Waals surface area (Å²) in [6.07, 6.45) is 12.8. The minimum absolute atomic E-state index is 0.207. The molecule has 1 heterocycles. The Morgan fingerprint density at radius 2 is 1.86 bits per heavy atom. The molecule has 1 aliphatic carbocycles. The Kier molecular flexibility index (Phi) is 7.01. The number of nitrogens with zero attached hydrogens (tertiary/aromatic N) is 1. The van der Waals surface area contributed by atoms with Crippen LogP contribution in [0, 0.1) is 11.8 Å². The predicted octanol–water partition coefficient (Wildman–Crippen LogP) is 3.75. The van der Waals surface area contributed by atoms with Crippen LogP contribution in [0.15, 0.2) is 0 Å². The summed E-state index contributed by atoms with van der Waals surface area (Å²) < 4.78 is 0. The van der Waals surface area contributed by atoms with Gasteiger partial charge in [0.1, 0.15) is 0 Å². The van der Waals surface area contributed by atoms with E-state index in [1.807, 2.05) is 0 Å². The zero-order valence-electron chi connectivity index (χ0n) is 13.7. The summed E-state index contributed by atoms with van der Waals surface area (Å²) in [7, 11) is 0. The Bertz CT molecular complexity index is 308. The van der Waals surface area contributed by atoms with Crippen LogP contribution in [0.1, 0.15) is 77.6 Å². The van der Waals surface area contributed by atoms with Crippen LogP contribution < -0.4 is 0 Å². The molecule has 2 fully saturated rings. The highest BCUT2D eigenvalue weighted by Gasteiger charge is 2.33. The number of unbranched alkanes of at least 4 members (excludes halogenated alkanes) is 1. The van der Waals surface area contributed by atoms with Gasteiger partial charge in [-0.2, -0.15) is 0 Å². The van der Waals surface area contributed by atoms with E-state index in [2.05, 4.69) is 11.8 Å². The number of carbonyl (C=O) groups is 1. The molecule has 0 aromatic carbocycles. The van der Waals surface area contributed by atoms with Gasteiger partial charge in [0.15, 0.2) is 0 Å². The van der Waals surface area contributed by atoms with Crippen LogP contribution in [-0.2, 0) is 4.79 Å². The van der Waals surface area contributed by atoms with Gasteiger partial charge in [-0.25, -0.2) is 0 Å². The molecule has 1 unspecified atom stereocenters. The molecule has 0 bridgehead atoms. The molecule has 21 heavy (non-hydrogen) atoms. The quantitative estimate of drug-likeness (QED) is 0.811. The van der Waals surface area contributed by atoms with Crippen molar-refractivity contribution in [2.45, 2.75) is 83.6 Å². The van der Waals surface area contributed by atoms with Gasteiger partial charge in [0.05, 0.1) is 0 Å². The molecule has 1 amide bonds. The number of aliphatic hydroxyl groups is 1. The first-order valence-corrected chi connectivity index (χ1v) is 9.17. The van der Waals surface area contributed by atoms with E-state index in [9.17, 15) is 9.90 Å². The molecule has 1 aliphatic heterocycles. The Labute approximate surface area is 130 Å². The number of hydrogen-bond donors (Lipinski definition) is 1. The van der Waals surface area contributed by atoms with Gasteiger partial charge in [-0.05, 0) is 57.3 Å². The van der Waals surface area contributed by atoms with Crippen LogP contribution in [0.2, 0.25) is 0 Å². The van der Waals surface area contributed by atoms with Crippen molar-refractivity contribution in [3.05, 3.63) is 0 Å². The molecule has 1 N–H and O–H groups in total. The van der Waals surface area contributed by atoms with E-state index in [-0.39, 0.29) is 12.5 Å². The lowest BCUT2D eigenvalue weighted by molar-refractivity contribution is -0.141. The van der Waals surface area contributed by atoms with Crippen LogP contribution in [-0.4, -0.2) is 35.1 Å². The van der Waals surface area contributed by atoms with Gasteiger partial charge >= 0.3 is 0 Å². The fourth-order valence-electron chi connectivity index (χ4n) is 4.17. The molecule has 0 radical (unpaired) electrons. The summed E-state index contributed by atoms with van der Waals surface area (Å²) in [5, 5.41) is 9.21. The lowest BCUT2D eigenvalue weighted by Crippen LogP contribution is -2.47. The van der Waals surface area contributed by atoms with Crippen molar-refractivity contribution in [3.8, 4) is 0 Å². The van der Waals surface area contributed by atoms with Crippen LogP contribution in [0.4, 0.5) is 0 Å². The van der Waals surface area contributed by atoms with Crippen molar-refractivity contribution >= 4 is 5.91 Å². The van der Waals surface area contributed by atoms with Gasteiger partial charge in [0.25, 0.3) is 0 Å². The third kappa shape index (κ3) is 4.70. The number of amides is 1. The maximum Gasteiger partial charge on any atom is 0.225 e. The predicted molar refractivity (Wildman–Crippen MR) is 86.0 cm³/mol. The third-order valence-corrected chi connectivity index (χ3v) is 5.53. The zero-order chi connectivity index (χ0) is 15.1. The van der Waals surface area contributed by atoms with Gasteiger partial charge in [-0.15, -0.1) is 0 Å². The van der Waals surface area contributed by atoms with Crippen molar-refractivity contribution in [2.75, 3.05) is 13.2 Å². The number of piperidine rings is 1. The van der Waals surface area contributed by atoms with Gasteiger partial charge < -0.3 is 10.0 Å². The molecule has 0 aromatic heterocycles. The molecule has 3 nitrogen and oxygen atoms in total. The number of carbonyl (C=O) groups excluding carboxylic acids is 1. The van der Waals surface area contributed by atoms with Gasteiger partial charge in [-0.3, -0.25) is 4.79 Å². The van der Waals surface area contributed by atoms with E-state index >= 15 is 0 Å². The van der Waals surface area contributed by atoms with Gasteiger partial charge in [0, 0.05) is 25.1 Å². The van der Waals surface area contributed by atoms with Crippen molar-refractivity contribution < 1.29 is 9.90 Å². The van der Waals surface area contributed by atoms with E-state index < -0.39 is 0 Å². The molecule has 1 saturated carbocycles.